The summed E-state index contributed by atoms with van der Waals surface area (Å²) in [6.07, 6.45) is 1.79. The highest BCUT2D eigenvalue weighted by Crippen LogP contribution is 2.11. The zero-order valence-corrected chi connectivity index (χ0v) is 9.95. The quantitative estimate of drug-likeness (QED) is 0.688. The molecule has 2 aromatic rings. The van der Waals surface area contributed by atoms with Crippen LogP contribution in [0.25, 0.3) is 0 Å². The summed E-state index contributed by atoms with van der Waals surface area (Å²) < 4.78 is 1.60. The largest absolute Gasteiger partial charge is 0.394 e. The molecule has 0 spiro atoms. The van der Waals surface area contributed by atoms with Gasteiger partial charge < -0.3 is 15.5 Å². The Morgan fingerprint density at radius 2 is 2.17 bits per heavy atom. The maximum Gasteiger partial charge on any atom is 0.102 e. The van der Waals surface area contributed by atoms with Gasteiger partial charge in [0.2, 0.25) is 0 Å². The van der Waals surface area contributed by atoms with Gasteiger partial charge in [-0.15, -0.1) is 5.10 Å². The highest BCUT2D eigenvalue weighted by atomic mass is 16.3. The van der Waals surface area contributed by atoms with Crippen LogP contribution in [0.2, 0.25) is 0 Å². The normalized spacial score (nSPS) is 10.6. The summed E-state index contributed by atoms with van der Waals surface area (Å²) in [7, 11) is 0. The number of aliphatic hydroxyl groups is 2. The summed E-state index contributed by atoms with van der Waals surface area (Å²) in [5, 5.41) is 28.9. The van der Waals surface area contributed by atoms with Gasteiger partial charge in [0.1, 0.15) is 5.69 Å². The second-order valence-corrected chi connectivity index (χ2v) is 3.91. The van der Waals surface area contributed by atoms with Gasteiger partial charge in [-0.05, 0) is 17.7 Å². The predicted octanol–water partition coefficient (Wildman–Crippen LogP) is 0.375. The van der Waals surface area contributed by atoms with Crippen LogP contribution < -0.4 is 5.32 Å². The molecule has 0 saturated heterocycles. The van der Waals surface area contributed by atoms with Crippen molar-refractivity contribution in [3.8, 4) is 0 Å². The predicted molar refractivity (Wildman–Crippen MR) is 66.8 cm³/mol. The number of aromatic nitrogens is 3. The van der Waals surface area contributed by atoms with Gasteiger partial charge in [0.05, 0.1) is 32.5 Å². The van der Waals surface area contributed by atoms with Crippen molar-refractivity contribution in [2.45, 2.75) is 19.7 Å². The van der Waals surface area contributed by atoms with E-state index >= 15 is 0 Å². The minimum atomic E-state index is 0.0300. The van der Waals surface area contributed by atoms with Gasteiger partial charge in [-0.25, -0.2) is 4.68 Å². The van der Waals surface area contributed by atoms with Gasteiger partial charge in [-0.1, -0.05) is 17.3 Å². The Kier molecular flexibility index (Phi) is 4.27. The lowest BCUT2D eigenvalue weighted by atomic mass is 10.2. The third-order valence-electron chi connectivity index (χ3n) is 2.50. The van der Waals surface area contributed by atoms with Crippen molar-refractivity contribution in [2.75, 3.05) is 11.9 Å². The van der Waals surface area contributed by atoms with E-state index in [0.29, 0.717) is 13.1 Å². The number of nitrogens with one attached hydrogen (secondary N) is 1. The van der Waals surface area contributed by atoms with Crippen LogP contribution in [-0.2, 0) is 19.7 Å². The Balaban J connectivity index is 1.93. The van der Waals surface area contributed by atoms with E-state index in [4.69, 9.17) is 10.2 Å². The average molecular weight is 248 g/mol. The molecule has 0 aliphatic carbocycles. The average Bonchev–Trinajstić information content (AvgIpc) is 2.85. The molecule has 0 fully saturated rings. The molecule has 0 aliphatic heterocycles. The molecule has 0 saturated carbocycles. The molecule has 18 heavy (non-hydrogen) atoms. The minimum Gasteiger partial charge on any atom is -0.394 e. The molecule has 3 N–H and O–H groups in total. The van der Waals surface area contributed by atoms with E-state index in [1.807, 2.05) is 24.3 Å². The first kappa shape index (κ1) is 12.5. The Hall–Kier alpha value is -1.92. The van der Waals surface area contributed by atoms with Crippen molar-refractivity contribution in [1.29, 1.82) is 0 Å². The first-order chi connectivity index (χ1) is 8.81. The van der Waals surface area contributed by atoms with Crippen LogP contribution in [-0.4, -0.2) is 31.8 Å². The van der Waals surface area contributed by atoms with Crippen molar-refractivity contribution < 1.29 is 10.2 Å². The Morgan fingerprint density at radius 3 is 2.94 bits per heavy atom. The van der Waals surface area contributed by atoms with E-state index in [2.05, 4.69) is 15.6 Å². The first-order valence-electron chi connectivity index (χ1n) is 5.75. The lowest BCUT2D eigenvalue weighted by Crippen LogP contribution is -2.02. The third-order valence-corrected chi connectivity index (χ3v) is 2.50. The maximum absolute atomic E-state index is 9.03. The summed E-state index contributed by atoms with van der Waals surface area (Å²) in [4.78, 5) is 0. The minimum absolute atomic E-state index is 0.0300. The monoisotopic (exact) mass is 248 g/mol. The molecular weight excluding hydrogens is 232 g/mol. The molecule has 0 unspecified atom stereocenters. The number of hydrogen-bond acceptors (Lipinski definition) is 5. The fraction of sp³-hybridized carbons (Fsp3) is 0.333. The Bertz CT molecular complexity index is 498. The van der Waals surface area contributed by atoms with Gasteiger partial charge in [0.15, 0.2) is 0 Å². The molecule has 0 bridgehead atoms. The zero-order chi connectivity index (χ0) is 12.8. The number of aliphatic hydroxyl groups excluding tert-OH is 2. The fourth-order valence-corrected chi connectivity index (χ4v) is 1.60. The van der Waals surface area contributed by atoms with Crippen molar-refractivity contribution in [3.63, 3.8) is 0 Å². The molecule has 0 radical (unpaired) electrons. The van der Waals surface area contributed by atoms with Crippen LogP contribution in [0.4, 0.5) is 5.69 Å². The van der Waals surface area contributed by atoms with Crippen LogP contribution >= 0.6 is 0 Å². The van der Waals surface area contributed by atoms with Crippen LogP contribution in [0.3, 0.4) is 0 Å². The molecule has 1 aromatic heterocycles. The lowest BCUT2D eigenvalue weighted by molar-refractivity contribution is 0.268. The van der Waals surface area contributed by atoms with E-state index < -0.39 is 0 Å². The highest BCUT2D eigenvalue weighted by molar-refractivity contribution is 5.45. The van der Waals surface area contributed by atoms with E-state index in [1.54, 1.807) is 10.9 Å². The van der Waals surface area contributed by atoms with Crippen LogP contribution in [0.15, 0.2) is 30.5 Å². The van der Waals surface area contributed by atoms with Crippen molar-refractivity contribution >= 4 is 5.69 Å². The number of benzene rings is 1. The molecule has 0 aliphatic rings. The van der Waals surface area contributed by atoms with E-state index in [0.717, 1.165) is 16.9 Å². The summed E-state index contributed by atoms with van der Waals surface area (Å²) in [6, 6.07) is 7.56. The van der Waals surface area contributed by atoms with Crippen molar-refractivity contribution in [1.82, 2.24) is 15.0 Å². The molecule has 6 heteroatoms. The van der Waals surface area contributed by atoms with Crippen LogP contribution in [0.5, 0.6) is 0 Å². The smallest absolute Gasteiger partial charge is 0.102 e. The SMILES string of the molecule is OCCn1cc(CNc2cccc(CO)c2)nn1. The summed E-state index contributed by atoms with van der Waals surface area (Å²) in [6.45, 7) is 1.09. The molecule has 96 valence electrons. The van der Waals surface area contributed by atoms with Gasteiger partial charge in [-0.2, -0.15) is 0 Å². The first-order valence-corrected chi connectivity index (χ1v) is 5.75. The molecule has 1 aromatic carbocycles. The summed E-state index contributed by atoms with van der Waals surface area (Å²) in [5.74, 6) is 0. The molecule has 1 heterocycles. The van der Waals surface area contributed by atoms with Gasteiger partial charge in [-0.3, -0.25) is 0 Å². The van der Waals surface area contributed by atoms with E-state index in [1.165, 1.54) is 0 Å². The fourth-order valence-electron chi connectivity index (χ4n) is 1.60. The number of nitrogens with zero attached hydrogens (tertiary/aromatic N) is 3. The topological polar surface area (TPSA) is 83.2 Å². The second-order valence-electron chi connectivity index (χ2n) is 3.91. The number of hydrogen-bond donors (Lipinski definition) is 3. The van der Waals surface area contributed by atoms with E-state index in [9.17, 15) is 0 Å². The Labute approximate surface area is 105 Å². The maximum atomic E-state index is 9.03. The molecule has 0 atom stereocenters. The lowest BCUT2D eigenvalue weighted by Gasteiger charge is -2.05. The standard InChI is InChI=1S/C12H16N4O2/c17-5-4-16-8-12(14-15-16)7-13-11-3-1-2-10(6-11)9-18/h1-3,6,8,13,17-18H,4-5,7,9H2. The second kappa shape index (κ2) is 6.13. The molecule has 6 nitrogen and oxygen atoms in total. The van der Waals surface area contributed by atoms with Gasteiger partial charge in [0.25, 0.3) is 0 Å². The van der Waals surface area contributed by atoms with E-state index in [-0.39, 0.29) is 13.2 Å². The van der Waals surface area contributed by atoms with Crippen molar-refractivity contribution in [3.05, 3.63) is 41.7 Å². The molecule has 0 amide bonds. The van der Waals surface area contributed by atoms with Gasteiger partial charge >= 0.3 is 0 Å². The summed E-state index contributed by atoms with van der Waals surface area (Å²) >= 11 is 0. The zero-order valence-electron chi connectivity index (χ0n) is 9.95. The molecular formula is C12H16N4O2. The third kappa shape index (κ3) is 3.28. The summed E-state index contributed by atoms with van der Waals surface area (Å²) in [5.41, 5.74) is 2.60. The Morgan fingerprint density at radius 1 is 1.28 bits per heavy atom. The van der Waals surface area contributed by atoms with Crippen molar-refractivity contribution in [2.24, 2.45) is 0 Å². The van der Waals surface area contributed by atoms with Crippen LogP contribution in [0, 0.1) is 0 Å². The van der Waals surface area contributed by atoms with Gasteiger partial charge in [0, 0.05) is 5.69 Å². The number of rotatable bonds is 6. The highest BCUT2D eigenvalue weighted by Gasteiger charge is 2.00. The molecule has 2 rings (SSSR count). The van der Waals surface area contributed by atoms with Crippen LogP contribution in [0.1, 0.15) is 11.3 Å². The number of anilines is 1.